The van der Waals surface area contributed by atoms with Gasteiger partial charge in [-0.1, -0.05) is 23.7 Å². The van der Waals surface area contributed by atoms with E-state index in [9.17, 15) is 5.11 Å². The lowest BCUT2D eigenvalue weighted by molar-refractivity contribution is 0.0424. The van der Waals surface area contributed by atoms with Crippen molar-refractivity contribution in [2.45, 2.75) is 50.8 Å². The zero-order valence-corrected chi connectivity index (χ0v) is 13.1. The monoisotopic (exact) mass is 296 g/mol. The summed E-state index contributed by atoms with van der Waals surface area (Å²) in [7, 11) is 0. The van der Waals surface area contributed by atoms with Crippen molar-refractivity contribution in [3.63, 3.8) is 0 Å². The van der Waals surface area contributed by atoms with Crippen LogP contribution in [-0.4, -0.2) is 34.7 Å². The van der Waals surface area contributed by atoms with Crippen molar-refractivity contribution in [3.05, 3.63) is 34.9 Å². The van der Waals surface area contributed by atoms with Crippen molar-refractivity contribution in [1.82, 2.24) is 4.90 Å². The quantitative estimate of drug-likeness (QED) is 0.901. The number of likely N-dealkylation sites (tertiary alicyclic amines) is 1. The average Bonchev–Trinajstić information content (AvgIpc) is 2.51. The summed E-state index contributed by atoms with van der Waals surface area (Å²) in [6.45, 7) is 5.80. The number of halogens is 1. The Morgan fingerprint density at radius 2 is 2.10 bits per heavy atom. The molecule has 1 aromatic carbocycles. The van der Waals surface area contributed by atoms with Crippen LogP contribution < -0.4 is 5.73 Å². The van der Waals surface area contributed by atoms with Crippen LogP contribution in [0.2, 0.25) is 5.02 Å². The summed E-state index contributed by atoms with van der Waals surface area (Å²) in [4.78, 5) is 2.39. The third kappa shape index (κ3) is 3.95. The van der Waals surface area contributed by atoms with Crippen LogP contribution in [0.1, 0.15) is 44.7 Å². The van der Waals surface area contributed by atoms with Crippen LogP contribution in [0.3, 0.4) is 0 Å². The minimum absolute atomic E-state index is 0.0246. The molecule has 0 aromatic heterocycles. The molecule has 0 saturated carbocycles. The maximum absolute atomic E-state index is 10.2. The highest BCUT2D eigenvalue weighted by Crippen LogP contribution is 2.30. The van der Waals surface area contributed by atoms with Crippen molar-refractivity contribution in [3.8, 4) is 0 Å². The number of benzene rings is 1. The fourth-order valence-electron chi connectivity index (χ4n) is 3.10. The van der Waals surface area contributed by atoms with Gasteiger partial charge in [-0.05, 0) is 57.4 Å². The summed E-state index contributed by atoms with van der Waals surface area (Å²) < 4.78 is 0. The van der Waals surface area contributed by atoms with E-state index in [0.29, 0.717) is 0 Å². The zero-order valence-electron chi connectivity index (χ0n) is 12.3. The molecule has 112 valence electrons. The summed E-state index contributed by atoms with van der Waals surface area (Å²) in [5, 5.41) is 11.0. The normalized spacial score (nSPS) is 27.9. The van der Waals surface area contributed by atoms with E-state index in [0.717, 1.165) is 42.9 Å². The lowest BCUT2D eigenvalue weighted by Crippen LogP contribution is -2.40. The topological polar surface area (TPSA) is 49.5 Å². The molecule has 1 aromatic rings. The molecule has 3 N–H and O–H groups in total. The molecule has 0 bridgehead atoms. The first-order valence-electron chi connectivity index (χ1n) is 7.36. The predicted molar refractivity (Wildman–Crippen MR) is 83.9 cm³/mol. The van der Waals surface area contributed by atoms with E-state index in [1.165, 1.54) is 0 Å². The summed E-state index contributed by atoms with van der Waals surface area (Å²) in [5.74, 6) is 0. The van der Waals surface area contributed by atoms with Crippen LogP contribution in [-0.2, 0) is 0 Å². The highest BCUT2D eigenvalue weighted by Gasteiger charge is 2.30. The van der Waals surface area contributed by atoms with Gasteiger partial charge >= 0.3 is 0 Å². The Balaban J connectivity index is 2.21. The molecule has 4 heteroatoms. The van der Waals surface area contributed by atoms with E-state index in [2.05, 4.69) is 11.0 Å². The number of nitrogens with two attached hydrogens (primary N) is 1. The molecule has 3 atom stereocenters. The van der Waals surface area contributed by atoms with Crippen LogP contribution in [0.4, 0.5) is 0 Å². The molecule has 1 fully saturated rings. The van der Waals surface area contributed by atoms with Gasteiger partial charge in [0.15, 0.2) is 0 Å². The Bertz CT molecular complexity index is 448. The predicted octanol–water partition coefficient (Wildman–Crippen LogP) is 2.97. The number of aliphatic hydroxyl groups is 1. The highest BCUT2D eigenvalue weighted by atomic mass is 35.5. The maximum atomic E-state index is 10.2. The third-order valence-electron chi connectivity index (χ3n) is 4.18. The number of nitrogens with zero attached hydrogens (tertiary/aromatic N) is 1. The Morgan fingerprint density at radius 3 is 2.75 bits per heavy atom. The van der Waals surface area contributed by atoms with Crippen molar-refractivity contribution < 1.29 is 5.11 Å². The number of hydrogen-bond donors (Lipinski definition) is 2. The fraction of sp³-hybridized carbons (Fsp3) is 0.625. The van der Waals surface area contributed by atoms with Gasteiger partial charge in [-0.25, -0.2) is 0 Å². The second-order valence-electron chi connectivity index (χ2n) is 6.25. The first-order chi connectivity index (χ1) is 9.39. The summed E-state index contributed by atoms with van der Waals surface area (Å²) in [5.41, 5.74) is 6.83. The molecular weight excluding hydrogens is 272 g/mol. The van der Waals surface area contributed by atoms with Crippen LogP contribution in [0, 0.1) is 0 Å². The second kappa shape index (κ2) is 6.44. The van der Waals surface area contributed by atoms with Gasteiger partial charge in [0, 0.05) is 23.7 Å². The number of rotatable bonds is 3. The van der Waals surface area contributed by atoms with Crippen LogP contribution in [0.25, 0.3) is 0 Å². The highest BCUT2D eigenvalue weighted by molar-refractivity contribution is 6.30. The van der Waals surface area contributed by atoms with E-state index in [1.54, 1.807) is 0 Å². The van der Waals surface area contributed by atoms with Gasteiger partial charge in [-0.15, -0.1) is 0 Å². The molecule has 20 heavy (non-hydrogen) atoms. The molecule has 0 aliphatic carbocycles. The smallest absolute Gasteiger partial charge is 0.0632 e. The molecule has 0 spiro atoms. The van der Waals surface area contributed by atoms with Crippen molar-refractivity contribution >= 4 is 11.6 Å². The minimum atomic E-state index is -0.550. The molecular formula is C16H25ClN2O. The van der Waals surface area contributed by atoms with Crippen LogP contribution in [0.15, 0.2) is 24.3 Å². The van der Waals surface area contributed by atoms with Gasteiger partial charge < -0.3 is 10.8 Å². The third-order valence-corrected chi connectivity index (χ3v) is 4.41. The molecule has 0 amide bonds. The van der Waals surface area contributed by atoms with Gasteiger partial charge in [-0.2, -0.15) is 0 Å². The van der Waals surface area contributed by atoms with E-state index >= 15 is 0 Å². The average molecular weight is 297 g/mol. The Hall–Kier alpha value is -0.610. The van der Waals surface area contributed by atoms with Crippen molar-refractivity contribution in [1.29, 1.82) is 0 Å². The first-order valence-corrected chi connectivity index (χ1v) is 7.74. The van der Waals surface area contributed by atoms with Crippen molar-refractivity contribution in [2.75, 3.05) is 13.1 Å². The molecule has 3 unspecified atom stereocenters. The van der Waals surface area contributed by atoms with Crippen molar-refractivity contribution in [2.24, 2.45) is 5.73 Å². The zero-order chi connectivity index (χ0) is 14.8. The Labute approximate surface area is 126 Å². The lowest BCUT2D eigenvalue weighted by Gasteiger charge is -2.34. The summed E-state index contributed by atoms with van der Waals surface area (Å²) in [6, 6.07) is 8.12. The van der Waals surface area contributed by atoms with Crippen LogP contribution in [0.5, 0.6) is 0 Å². The van der Waals surface area contributed by atoms with E-state index in [1.807, 2.05) is 32.0 Å². The summed E-state index contributed by atoms with van der Waals surface area (Å²) in [6.07, 6.45) is 2.64. The molecule has 2 rings (SSSR count). The second-order valence-corrected chi connectivity index (χ2v) is 6.68. The molecule has 3 nitrogen and oxygen atoms in total. The molecule has 1 heterocycles. The Kier molecular flexibility index (Phi) is 5.08. The SMILES string of the molecule is CC(N)C(c1cccc(Cl)c1)N1CCCC(C)(O)CC1. The largest absolute Gasteiger partial charge is 0.390 e. The van der Waals surface area contributed by atoms with Gasteiger partial charge in [0.05, 0.1) is 5.60 Å². The lowest BCUT2D eigenvalue weighted by atomic mass is 9.97. The maximum Gasteiger partial charge on any atom is 0.0632 e. The first kappa shape index (κ1) is 15.8. The van der Waals surface area contributed by atoms with Gasteiger partial charge in [0.1, 0.15) is 0 Å². The molecule has 1 saturated heterocycles. The summed E-state index contributed by atoms with van der Waals surface area (Å²) >= 11 is 6.11. The molecule has 1 aliphatic rings. The molecule has 0 radical (unpaired) electrons. The van der Waals surface area contributed by atoms with E-state index in [4.69, 9.17) is 17.3 Å². The van der Waals surface area contributed by atoms with Gasteiger partial charge in [0.2, 0.25) is 0 Å². The minimum Gasteiger partial charge on any atom is -0.390 e. The van der Waals surface area contributed by atoms with Crippen LogP contribution >= 0.6 is 11.6 Å². The van der Waals surface area contributed by atoms with E-state index < -0.39 is 5.60 Å². The van der Waals surface area contributed by atoms with Gasteiger partial charge in [0.25, 0.3) is 0 Å². The fourth-order valence-corrected chi connectivity index (χ4v) is 3.30. The standard InChI is InChI=1S/C16H25ClN2O/c1-12(18)15(13-5-3-6-14(17)11-13)19-9-4-7-16(2,20)8-10-19/h3,5-6,11-12,15,20H,4,7-10,18H2,1-2H3. The number of hydrogen-bond acceptors (Lipinski definition) is 3. The van der Waals surface area contributed by atoms with E-state index in [-0.39, 0.29) is 12.1 Å². The molecule has 1 aliphatic heterocycles. The Morgan fingerprint density at radius 1 is 1.35 bits per heavy atom. The van der Waals surface area contributed by atoms with Gasteiger partial charge in [-0.3, -0.25) is 4.90 Å².